The van der Waals surface area contributed by atoms with E-state index in [2.05, 4.69) is 5.32 Å². The van der Waals surface area contributed by atoms with Crippen LogP contribution in [0.1, 0.15) is 30.1 Å². The average Bonchev–Trinajstić information content (AvgIpc) is 2.46. The van der Waals surface area contributed by atoms with Gasteiger partial charge in [0.05, 0.1) is 7.11 Å². The molecule has 6 heteroatoms. The van der Waals surface area contributed by atoms with Gasteiger partial charge in [0.15, 0.2) is 0 Å². The Labute approximate surface area is 124 Å². The summed E-state index contributed by atoms with van der Waals surface area (Å²) >= 11 is 0. The van der Waals surface area contributed by atoms with Crippen LogP contribution >= 0.6 is 0 Å². The molecule has 1 aliphatic heterocycles. The summed E-state index contributed by atoms with van der Waals surface area (Å²) in [4.78, 5) is 25.4. The van der Waals surface area contributed by atoms with Crippen molar-refractivity contribution < 1.29 is 14.3 Å². The number of carbonyl (C=O) groups is 2. The molecule has 1 aliphatic rings. The van der Waals surface area contributed by atoms with E-state index in [-0.39, 0.29) is 17.9 Å². The zero-order valence-electron chi connectivity index (χ0n) is 12.4. The summed E-state index contributed by atoms with van der Waals surface area (Å²) in [5, 5.41) is 2.89. The van der Waals surface area contributed by atoms with Crippen LogP contribution in [0.25, 0.3) is 0 Å². The van der Waals surface area contributed by atoms with E-state index < -0.39 is 0 Å². The van der Waals surface area contributed by atoms with Crippen molar-refractivity contribution in [3.63, 3.8) is 0 Å². The van der Waals surface area contributed by atoms with Crippen molar-refractivity contribution in [2.24, 2.45) is 0 Å². The second-order valence-electron chi connectivity index (χ2n) is 5.19. The van der Waals surface area contributed by atoms with Gasteiger partial charge in [0.25, 0.3) is 5.91 Å². The third-order valence-corrected chi connectivity index (χ3v) is 3.68. The summed E-state index contributed by atoms with van der Waals surface area (Å²) in [6.45, 7) is 2.70. The predicted molar refractivity (Wildman–Crippen MR) is 80.1 cm³/mol. The van der Waals surface area contributed by atoms with Crippen LogP contribution < -0.4 is 15.8 Å². The van der Waals surface area contributed by atoms with Crippen LogP contribution in [0.3, 0.4) is 0 Å². The number of anilines is 1. The highest BCUT2D eigenvalue weighted by Gasteiger charge is 2.27. The molecule has 0 spiro atoms. The Kier molecular flexibility index (Phi) is 4.67. The largest absolute Gasteiger partial charge is 0.496 e. The van der Waals surface area contributed by atoms with Crippen LogP contribution in [0, 0.1) is 0 Å². The molecule has 0 unspecified atom stereocenters. The molecule has 0 bridgehead atoms. The number of methoxy groups -OCH3 is 1. The Morgan fingerprint density at radius 1 is 1.33 bits per heavy atom. The van der Waals surface area contributed by atoms with Gasteiger partial charge in [-0.2, -0.15) is 0 Å². The first kappa shape index (κ1) is 15.2. The number of carbonyl (C=O) groups excluding carboxylic acids is 2. The second kappa shape index (κ2) is 6.47. The van der Waals surface area contributed by atoms with Crippen LogP contribution in [0.5, 0.6) is 5.75 Å². The molecule has 0 aromatic heterocycles. The minimum absolute atomic E-state index is 0.0336. The number of benzene rings is 1. The van der Waals surface area contributed by atoms with Gasteiger partial charge in [-0.15, -0.1) is 0 Å². The lowest BCUT2D eigenvalue weighted by Crippen LogP contribution is -2.46. The number of nitrogens with one attached hydrogen (secondary N) is 1. The molecular weight excluding hydrogens is 270 g/mol. The Hall–Kier alpha value is -2.24. The predicted octanol–water partition coefficient (Wildman–Crippen LogP) is 1.02. The Morgan fingerprint density at radius 3 is 2.57 bits per heavy atom. The molecule has 1 aromatic carbocycles. The number of rotatable bonds is 3. The van der Waals surface area contributed by atoms with Crippen LogP contribution in [0.2, 0.25) is 0 Å². The molecule has 1 heterocycles. The normalized spacial score (nSPS) is 15.6. The molecule has 2 rings (SSSR count). The van der Waals surface area contributed by atoms with Gasteiger partial charge >= 0.3 is 0 Å². The monoisotopic (exact) mass is 291 g/mol. The van der Waals surface area contributed by atoms with Crippen molar-refractivity contribution in [2.75, 3.05) is 25.9 Å². The maximum Gasteiger partial charge on any atom is 0.259 e. The highest BCUT2D eigenvalue weighted by molar-refractivity contribution is 6.01. The first-order valence-electron chi connectivity index (χ1n) is 7.01. The summed E-state index contributed by atoms with van der Waals surface area (Å²) in [5.74, 6) is 0.337. The van der Waals surface area contributed by atoms with E-state index >= 15 is 0 Å². The third kappa shape index (κ3) is 3.45. The molecule has 0 saturated carbocycles. The molecular formula is C15H21N3O3. The number of nitrogens with zero attached hydrogens (tertiary/aromatic N) is 1. The van der Waals surface area contributed by atoms with Crippen LogP contribution in [0.15, 0.2) is 18.2 Å². The minimum Gasteiger partial charge on any atom is -0.496 e. The quantitative estimate of drug-likeness (QED) is 0.814. The summed E-state index contributed by atoms with van der Waals surface area (Å²) in [6.07, 6.45) is 1.50. The molecule has 6 nitrogen and oxygen atoms in total. The van der Waals surface area contributed by atoms with Gasteiger partial charge in [0, 0.05) is 31.7 Å². The summed E-state index contributed by atoms with van der Waals surface area (Å²) in [6, 6.07) is 5.32. The van der Waals surface area contributed by atoms with Gasteiger partial charge in [0.2, 0.25) is 5.91 Å². The van der Waals surface area contributed by atoms with Crippen molar-refractivity contribution in [1.29, 1.82) is 0 Å². The lowest BCUT2D eigenvalue weighted by atomic mass is 10.0. The fourth-order valence-corrected chi connectivity index (χ4v) is 2.62. The fourth-order valence-electron chi connectivity index (χ4n) is 2.62. The summed E-state index contributed by atoms with van der Waals surface area (Å²) in [5.41, 5.74) is 6.75. The van der Waals surface area contributed by atoms with E-state index in [9.17, 15) is 9.59 Å². The van der Waals surface area contributed by atoms with Crippen LogP contribution in [-0.2, 0) is 4.79 Å². The fraction of sp³-hybridized carbons (Fsp3) is 0.467. The SMILES string of the molecule is COc1cccc(N)c1C(=O)N1CCC(NC(C)=O)CC1. The number of nitrogen functional groups attached to an aromatic ring is 1. The topological polar surface area (TPSA) is 84.7 Å². The maximum atomic E-state index is 12.6. The average molecular weight is 291 g/mol. The van der Waals surface area contributed by atoms with Crippen molar-refractivity contribution in [3.8, 4) is 5.75 Å². The first-order valence-corrected chi connectivity index (χ1v) is 7.01. The second-order valence-corrected chi connectivity index (χ2v) is 5.19. The Bertz CT molecular complexity index is 537. The van der Waals surface area contributed by atoms with E-state index in [0.717, 1.165) is 12.8 Å². The number of piperidine rings is 1. The third-order valence-electron chi connectivity index (χ3n) is 3.68. The lowest BCUT2D eigenvalue weighted by Gasteiger charge is -2.32. The van der Waals surface area contributed by atoms with Gasteiger partial charge in [-0.3, -0.25) is 9.59 Å². The smallest absolute Gasteiger partial charge is 0.259 e. The molecule has 1 fully saturated rings. The zero-order valence-corrected chi connectivity index (χ0v) is 12.4. The van der Waals surface area contributed by atoms with Gasteiger partial charge in [-0.05, 0) is 25.0 Å². The number of ether oxygens (including phenoxy) is 1. The van der Waals surface area contributed by atoms with E-state index in [4.69, 9.17) is 10.5 Å². The van der Waals surface area contributed by atoms with E-state index in [1.807, 2.05) is 0 Å². The van der Waals surface area contributed by atoms with Crippen LogP contribution in [0.4, 0.5) is 5.69 Å². The highest BCUT2D eigenvalue weighted by atomic mass is 16.5. The Morgan fingerprint density at radius 2 is 2.00 bits per heavy atom. The molecule has 1 aromatic rings. The number of hydrogen-bond donors (Lipinski definition) is 2. The van der Waals surface area contributed by atoms with Crippen molar-refractivity contribution in [2.45, 2.75) is 25.8 Å². The van der Waals surface area contributed by atoms with Crippen molar-refractivity contribution >= 4 is 17.5 Å². The molecule has 114 valence electrons. The summed E-state index contributed by atoms with van der Waals surface area (Å²) in [7, 11) is 1.52. The first-order chi connectivity index (χ1) is 10.0. The van der Waals surface area contributed by atoms with Crippen LogP contribution in [-0.4, -0.2) is 43.0 Å². The van der Waals surface area contributed by atoms with E-state index in [1.54, 1.807) is 23.1 Å². The molecule has 1 saturated heterocycles. The van der Waals surface area contributed by atoms with Gasteiger partial charge in [-0.1, -0.05) is 6.07 Å². The van der Waals surface area contributed by atoms with Gasteiger partial charge < -0.3 is 20.7 Å². The number of nitrogens with two attached hydrogens (primary N) is 1. The molecule has 0 aliphatic carbocycles. The molecule has 2 amide bonds. The van der Waals surface area contributed by atoms with E-state index in [0.29, 0.717) is 30.1 Å². The molecule has 21 heavy (non-hydrogen) atoms. The molecule has 0 atom stereocenters. The van der Waals surface area contributed by atoms with Crippen molar-refractivity contribution in [3.05, 3.63) is 23.8 Å². The number of amides is 2. The number of likely N-dealkylation sites (tertiary alicyclic amines) is 1. The highest BCUT2D eigenvalue weighted by Crippen LogP contribution is 2.26. The lowest BCUT2D eigenvalue weighted by molar-refractivity contribution is -0.119. The van der Waals surface area contributed by atoms with Crippen molar-refractivity contribution in [1.82, 2.24) is 10.2 Å². The summed E-state index contributed by atoms with van der Waals surface area (Å²) < 4.78 is 5.23. The van der Waals surface area contributed by atoms with E-state index in [1.165, 1.54) is 14.0 Å². The van der Waals surface area contributed by atoms with Gasteiger partial charge in [0.1, 0.15) is 11.3 Å². The number of hydrogen-bond acceptors (Lipinski definition) is 4. The molecule has 0 radical (unpaired) electrons. The Balaban J connectivity index is 2.07. The maximum absolute atomic E-state index is 12.6. The van der Waals surface area contributed by atoms with Gasteiger partial charge in [-0.25, -0.2) is 0 Å². The molecule has 3 N–H and O–H groups in total. The zero-order chi connectivity index (χ0) is 15.4. The minimum atomic E-state index is -0.119. The standard InChI is InChI=1S/C15H21N3O3/c1-10(19)17-11-6-8-18(9-7-11)15(20)14-12(16)4-3-5-13(14)21-2/h3-5,11H,6-9,16H2,1-2H3,(H,17,19).